The van der Waals surface area contributed by atoms with Gasteiger partial charge >= 0.3 is 0 Å². The number of benzene rings is 1. The Balaban J connectivity index is 1.93. The molecule has 1 aliphatic rings. The third kappa shape index (κ3) is 5.04. The first-order valence-electron chi connectivity index (χ1n) is 8.05. The number of unbranched alkanes of at least 4 members (excludes halogenated alkanes) is 2. The van der Waals surface area contributed by atoms with Gasteiger partial charge in [-0.2, -0.15) is 0 Å². The number of morpholine rings is 1. The van der Waals surface area contributed by atoms with E-state index < -0.39 is 6.04 Å². The number of amides is 2. The summed E-state index contributed by atoms with van der Waals surface area (Å²) in [5, 5.41) is 14.9. The largest absolute Gasteiger partial charge is 0.394 e. The van der Waals surface area contributed by atoms with E-state index in [1.54, 1.807) is 12.1 Å². The van der Waals surface area contributed by atoms with E-state index >= 15 is 0 Å². The van der Waals surface area contributed by atoms with Crippen molar-refractivity contribution in [2.45, 2.75) is 44.8 Å². The van der Waals surface area contributed by atoms with Crippen molar-refractivity contribution in [2.75, 3.05) is 18.5 Å². The number of hydrogen-bond donors (Lipinski definition) is 3. The van der Waals surface area contributed by atoms with E-state index in [1.165, 1.54) is 0 Å². The number of aliphatic hydroxyl groups is 1. The summed E-state index contributed by atoms with van der Waals surface area (Å²) in [5.74, 6) is -0.211. The quantitative estimate of drug-likeness (QED) is 0.668. The molecule has 2 rings (SSSR count). The number of hydrogen-bond acceptors (Lipinski definition) is 4. The van der Waals surface area contributed by atoms with Gasteiger partial charge in [-0.05, 0) is 24.1 Å². The molecule has 23 heavy (non-hydrogen) atoms. The minimum atomic E-state index is -0.453. The van der Waals surface area contributed by atoms with Crippen LogP contribution in [0.1, 0.15) is 44.3 Å². The predicted octanol–water partition coefficient (Wildman–Crippen LogP) is 1.75. The predicted molar refractivity (Wildman–Crippen MR) is 86.9 cm³/mol. The summed E-state index contributed by atoms with van der Waals surface area (Å²) in [4.78, 5) is 23.1. The van der Waals surface area contributed by atoms with Gasteiger partial charge in [0.1, 0.15) is 12.7 Å². The smallest absolute Gasteiger partial charge is 0.246 e. The molecular formula is C17H24N2O4. The van der Waals surface area contributed by atoms with E-state index in [1.807, 2.05) is 12.1 Å². The Kier molecular flexibility index (Phi) is 6.55. The summed E-state index contributed by atoms with van der Waals surface area (Å²) in [7, 11) is 0. The van der Waals surface area contributed by atoms with Crippen LogP contribution in [0.2, 0.25) is 0 Å². The molecule has 6 nitrogen and oxygen atoms in total. The Hall–Kier alpha value is -1.92. The number of aliphatic hydroxyl groups excluding tert-OH is 1. The van der Waals surface area contributed by atoms with Crippen molar-refractivity contribution >= 4 is 17.5 Å². The lowest BCUT2D eigenvalue weighted by atomic mass is 10.0. The number of anilines is 1. The number of carbonyl (C=O) groups is 2. The second-order valence-electron chi connectivity index (χ2n) is 5.72. The fraction of sp³-hybridized carbons (Fsp3) is 0.529. The van der Waals surface area contributed by atoms with Crippen molar-refractivity contribution in [1.82, 2.24) is 5.32 Å². The van der Waals surface area contributed by atoms with Crippen molar-refractivity contribution in [2.24, 2.45) is 0 Å². The van der Waals surface area contributed by atoms with Gasteiger partial charge in [0.25, 0.3) is 0 Å². The molecule has 1 aromatic carbocycles. The van der Waals surface area contributed by atoms with Crippen molar-refractivity contribution in [3.8, 4) is 0 Å². The molecule has 0 saturated carbocycles. The highest BCUT2D eigenvalue weighted by molar-refractivity contribution is 5.90. The summed E-state index contributed by atoms with van der Waals surface area (Å²) in [6.07, 6.45) is 3.19. The van der Waals surface area contributed by atoms with Crippen LogP contribution in [-0.2, 0) is 14.3 Å². The Morgan fingerprint density at radius 3 is 2.74 bits per heavy atom. The number of ether oxygens (including phenoxy) is 1. The van der Waals surface area contributed by atoms with Gasteiger partial charge in [0.2, 0.25) is 11.8 Å². The molecule has 0 bridgehead atoms. The Bertz CT molecular complexity index is 530. The van der Waals surface area contributed by atoms with Crippen molar-refractivity contribution in [3.05, 3.63) is 29.8 Å². The van der Waals surface area contributed by atoms with Crippen LogP contribution in [0.5, 0.6) is 0 Å². The number of nitrogens with one attached hydrogen (secondary N) is 2. The molecule has 0 spiro atoms. The molecule has 1 fully saturated rings. The Morgan fingerprint density at radius 1 is 1.35 bits per heavy atom. The standard InChI is InChI=1S/C17H24N2O4/c1-2-3-4-5-15(21)18-13-8-6-12(7-9-13)17-14(10-20)19-16(22)11-23-17/h6-9,14,17,20H,2-5,10-11H2,1H3,(H,18,21)(H,19,22)/t14-,17-/m1/s1. The number of carbonyl (C=O) groups excluding carboxylic acids is 2. The van der Waals surface area contributed by atoms with Crippen molar-refractivity contribution < 1.29 is 19.4 Å². The molecule has 126 valence electrons. The fourth-order valence-corrected chi connectivity index (χ4v) is 2.59. The van der Waals surface area contributed by atoms with E-state index in [0.29, 0.717) is 6.42 Å². The normalized spacial score (nSPS) is 20.9. The van der Waals surface area contributed by atoms with Crippen LogP contribution in [0.4, 0.5) is 5.69 Å². The van der Waals surface area contributed by atoms with Gasteiger partial charge in [-0.25, -0.2) is 0 Å². The molecule has 1 aromatic rings. The van der Waals surface area contributed by atoms with Crippen LogP contribution in [0, 0.1) is 0 Å². The summed E-state index contributed by atoms with van der Waals surface area (Å²) < 4.78 is 5.51. The first-order valence-corrected chi connectivity index (χ1v) is 8.05. The molecule has 3 N–H and O–H groups in total. The highest BCUT2D eigenvalue weighted by atomic mass is 16.5. The molecule has 2 amide bonds. The zero-order chi connectivity index (χ0) is 16.7. The molecule has 1 heterocycles. The highest BCUT2D eigenvalue weighted by Crippen LogP contribution is 2.25. The lowest BCUT2D eigenvalue weighted by molar-refractivity contribution is -0.138. The summed E-state index contributed by atoms with van der Waals surface area (Å²) >= 11 is 0. The highest BCUT2D eigenvalue weighted by Gasteiger charge is 2.30. The van der Waals surface area contributed by atoms with E-state index in [0.717, 1.165) is 30.5 Å². The summed E-state index contributed by atoms with van der Waals surface area (Å²) in [6, 6.07) is 6.84. The first kappa shape index (κ1) is 17.4. The van der Waals surface area contributed by atoms with Crippen molar-refractivity contribution in [3.63, 3.8) is 0 Å². The third-order valence-electron chi connectivity index (χ3n) is 3.83. The third-order valence-corrected chi connectivity index (χ3v) is 3.83. The van der Waals surface area contributed by atoms with Gasteiger partial charge in [-0.1, -0.05) is 31.9 Å². The molecule has 0 aliphatic carbocycles. The maximum atomic E-state index is 11.8. The van der Waals surface area contributed by atoms with Crippen molar-refractivity contribution in [1.29, 1.82) is 0 Å². The second-order valence-corrected chi connectivity index (χ2v) is 5.72. The van der Waals surface area contributed by atoms with Gasteiger partial charge in [0.15, 0.2) is 0 Å². The molecule has 0 radical (unpaired) electrons. The van der Waals surface area contributed by atoms with Crippen LogP contribution in [0.25, 0.3) is 0 Å². The van der Waals surface area contributed by atoms with Gasteiger partial charge in [0.05, 0.1) is 12.6 Å². The van der Waals surface area contributed by atoms with Crippen LogP contribution in [0.3, 0.4) is 0 Å². The molecule has 1 aliphatic heterocycles. The molecule has 2 atom stereocenters. The van der Waals surface area contributed by atoms with Gasteiger partial charge in [-0.3, -0.25) is 9.59 Å². The lowest BCUT2D eigenvalue weighted by Gasteiger charge is -2.31. The zero-order valence-electron chi connectivity index (χ0n) is 13.4. The topological polar surface area (TPSA) is 87.7 Å². The summed E-state index contributed by atoms with van der Waals surface area (Å²) in [5.41, 5.74) is 1.59. The SMILES string of the molecule is CCCCCC(=O)Nc1ccc([C@H]2OCC(=O)N[C@@H]2CO)cc1. The number of rotatable bonds is 7. The van der Waals surface area contributed by atoms with E-state index in [-0.39, 0.29) is 31.1 Å². The van der Waals surface area contributed by atoms with Crippen LogP contribution in [0.15, 0.2) is 24.3 Å². The van der Waals surface area contributed by atoms with Crippen LogP contribution < -0.4 is 10.6 Å². The maximum absolute atomic E-state index is 11.8. The average Bonchev–Trinajstić information content (AvgIpc) is 2.56. The van der Waals surface area contributed by atoms with E-state index in [4.69, 9.17) is 4.74 Å². The Labute approximate surface area is 136 Å². The monoisotopic (exact) mass is 320 g/mol. The maximum Gasteiger partial charge on any atom is 0.246 e. The minimum Gasteiger partial charge on any atom is -0.394 e. The lowest BCUT2D eigenvalue weighted by Crippen LogP contribution is -2.49. The average molecular weight is 320 g/mol. The van der Waals surface area contributed by atoms with Gasteiger partial charge in [0, 0.05) is 12.1 Å². The van der Waals surface area contributed by atoms with Crippen LogP contribution in [-0.4, -0.2) is 36.2 Å². The van der Waals surface area contributed by atoms with Crippen LogP contribution >= 0.6 is 0 Å². The zero-order valence-corrected chi connectivity index (χ0v) is 13.4. The minimum absolute atomic E-state index is 0.0145. The van der Waals surface area contributed by atoms with Gasteiger partial charge in [-0.15, -0.1) is 0 Å². The van der Waals surface area contributed by atoms with E-state index in [2.05, 4.69) is 17.6 Å². The summed E-state index contributed by atoms with van der Waals surface area (Å²) in [6.45, 7) is 1.90. The fourth-order valence-electron chi connectivity index (χ4n) is 2.59. The molecule has 6 heteroatoms. The van der Waals surface area contributed by atoms with E-state index in [9.17, 15) is 14.7 Å². The molecule has 0 unspecified atom stereocenters. The molecule has 0 aromatic heterocycles. The Morgan fingerprint density at radius 2 is 2.09 bits per heavy atom. The van der Waals surface area contributed by atoms with Gasteiger partial charge < -0.3 is 20.5 Å². The first-order chi connectivity index (χ1) is 11.1. The second kappa shape index (κ2) is 8.64. The molecular weight excluding hydrogens is 296 g/mol. The molecule has 1 saturated heterocycles.